The maximum absolute atomic E-state index is 4.69. The Morgan fingerprint density at radius 2 is 2.11 bits per heavy atom. The molecule has 0 N–H and O–H groups in total. The Morgan fingerprint density at radius 1 is 1.17 bits per heavy atom. The maximum atomic E-state index is 4.69. The fourth-order valence-electron chi connectivity index (χ4n) is 1.93. The molecule has 0 radical (unpaired) electrons. The Morgan fingerprint density at radius 3 is 2.94 bits per heavy atom. The highest BCUT2D eigenvalue weighted by Crippen LogP contribution is 2.29. The Hall–Kier alpha value is -1.13. The molecular formula is C14H11BrN2S. The first-order valence-corrected chi connectivity index (χ1v) is 7.51. The molecular weight excluding hydrogens is 308 g/mol. The number of hydrogen-bond acceptors (Lipinski definition) is 3. The van der Waals surface area contributed by atoms with Gasteiger partial charge in [-0.15, -0.1) is 11.8 Å². The minimum Gasteiger partial charge on any atom is -0.282 e. The molecule has 1 aliphatic rings. The second-order valence-corrected chi connectivity index (χ2v) is 5.99. The number of halogens is 1. The van der Waals surface area contributed by atoms with Crippen molar-refractivity contribution >= 4 is 33.4 Å². The van der Waals surface area contributed by atoms with Crippen molar-refractivity contribution in [2.75, 3.05) is 12.3 Å². The summed E-state index contributed by atoms with van der Waals surface area (Å²) < 4.78 is 1.08. The van der Waals surface area contributed by atoms with E-state index in [1.165, 1.54) is 10.5 Å². The second-order valence-electron chi connectivity index (χ2n) is 3.93. The molecule has 0 amide bonds. The number of rotatable bonds is 1. The van der Waals surface area contributed by atoms with Crippen LogP contribution in [0.1, 0.15) is 11.3 Å². The lowest BCUT2D eigenvalue weighted by Crippen LogP contribution is -2.06. The van der Waals surface area contributed by atoms with Crippen LogP contribution < -0.4 is 0 Å². The summed E-state index contributed by atoms with van der Waals surface area (Å²) in [4.78, 5) is 10.4. The first-order valence-electron chi connectivity index (χ1n) is 5.73. The maximum Gasteiger partial charge on any atom is 0.0915 e. The van der Waals surface area contributed by atoms with Gasteiger partial charge in [-0.3, -0.25) is 9.98 Å². The standard InChI is InChI=1S/C14H11BrN2S/c15-10-4-5-13-11(9-10)14(17-7-8-18-13)12-3-1-2-6-16-12/h1-6,9H,7-8H2. The fraction of sp³-hybridized carbons (Fsp3) is 0.143. The Kier molecular flexibility index (Phi) is 3.48. The van der Waals surface area contributed by atoms with Gasteiger partial charge in [0, 0.05) is 33.4 Å². The zero-order valence-electron chi connectivity index (χ0n) is 9.64. The third-order valence-electron chi connectivity index (χ3n) is 2.72. The van der Waals surface area contributed by atoms with E-state index in [9.17, 15) is 0 Å². The van der Waals surface area contributed by atoms with Gasteiger partial charge in [0.1, 0.15) is 0 Å². The summed E-state index contributed by atoms with van der Waals surface area (Å²) in [6.07, 6.45) is 1.81. The van der Waals surface area contributed by atoms with Crippen molar-refractivity contribution in [1.29, 1.82) is 0 Å². The van der Waals surface area contributed by atoms with E-state index < -0.39 is 0 Å². The summed E-state index contributed by atoms with van der Waals surface area (Å²) in [7, 11) is 0. The van der Waals surface area contributed by atoms with Crippen molar-refractivity contribution in [1.82, 2.24) is 4.98 Å². The van der Waals surface area contributed by atoms with Crippen LogP contribution in [0.4, 0.5) is 0 Å². The topological polar surface area (TPSA) is 25.2 Å². The van der Waals surface area contributed by atoms with E-state index in [1.807, 2.05) is 36.2 Å². The van der Waals surface area contributed by atoms with Gasteiger partial charge in [-0.25, -0.2) is 0 Å². The summed E-state index contributed by atoms with van der Waals surface area (Å²) in [5.41, 5.74) is 3.11. The average Bonchev–Trinajstić information content (AvgIpc) is 2.61. The molecule has 0 saturated carbocycles. The molecule has 2 nitrogen and oxygen atoms in total. The number of pyridine rings is 1. The van der Waals surface area contributed by atoms with Gasteiger partial charge in [0.05, 0.1) is 11.4 Å². The number of fused-ring (bicyclic) bond motifs is 1. The lowest BCUT2D eigenvalue weighted by Gasteiger charge is -2.09. The number of aromatic nitrogens is 1. The van der Waals surface area contributed by atoms with Gasteiger partial charge in [-0.2, -0.15) is 0 Å². The highest BCUT2D eigenvalue weighted by Gasteiger charge is 2.16. The summed E-state index contributed by atoms with van der Waals surface area (Å²) in [6, 6.07) is 12.3. The number of aliphatic imine (C=N–C) groups is 1. The van der Waals surface area contributed by atoms with Crippen LogP contribution in [0.3, 0.4) is 0 Å². The Labute approximate surface area is 119 Å². The molecule has 1 aromatic heterocycles. The Bertz CT molecular complexity index is 596. The predicted octanol–water partition coefficient (Wildman–Crippen LogP) is 3.79. The highest BCUT2D eigenvalue weighted by atomic mass is 79.9. The van der Waals surface area contributed by atoms with Crippen molar-refractivity contribution in [2.24, 2.45) is 4.99 Å². The van der Waals surface area contributed by atoms with Gasteiger partial charge in [-0.05, 0) is 30.3 Å². The van der Waals surface area contributed by atoms with E-state index in [2.05, 4.69) is 44.1 Å². The molecule has 0 aliphatic carbocycles. The molecule has 1 aliphatic heterocycles. The molecule has 4 heteroatoms. The van der Waals surface area contributed by atoms with Crippen LogP contribution in [-0.4, -0.2) is 23.0 Å². The number of nitrogens with zero attached hydrogens (tertiary/aromatic N) is 2. The molecule has 1 aromatic carbocycles. The molecule has 90 valence electrons. The van der Waals surface area contributed by atoms with E-state index in [4.69, 9.17) is 0 Å². The lowest BCUT2D eigenvalue weighted by atomic mass is 10.1. The van der Waals surface area contributed by atoms with Gasteiger partial charge in [-0.1, -0.05) is 22.0 Å². The first kappa shape index (κ1) is 11.9. The normalized spacial score (nSPS) is 14.6. The number of thioether (sulfide) groups is 1. The lowest BCUT2D eigenvalue weighted by molar-refractivity contribution is 1.14. The molecule has 0 fully saturated rings. The molecule has 18 heavy (non-hydrogen) atoms. The van der Waals surface area contributed by atoms with Gasteiger partial charge < -0.3 is 0 Å². The number of benzene rings is 1. The van der Waals surface area contributed by atoms with Gasteiger partial charge in [0.25, 0.3) is 0 Å². The minimum atomic E-state index is 0.836. The van der Waals surface area contributed by atoms with Crippen LogP contribution in [0.15, 0.2) is 57.0 Å². The van der Waals surface area contributed by atoms with Crippen LogP contribution in [0, 0.1) is 0 Å². The molecule has 0 spiro atoms. The fourth-order valence-corrected chi connectivity index (χ4v) is 3.17. The largest absolute Gasteiger partial charge is 0.282 e. The molecule has 0 saturated heterocycles. The van der Waals surface area contributed by atoms with Crippen LogP contribution in [0.2, 0.25) is 0 Å². The smallest absolute Gasteiger partial charge is 0.0915 e. The van der Waals surface area contributed by atoms with Gasteiger partial charge in [0.15, 0.2) is 0 Å². The van der Waals surface area contributed by atoms with Crippen molar-refractivity contribution in [3.8, 4) is 0 Å². The van der Waals surface area contributed by atoms with E-state index in [-0.39, 0.29) is 0 Å². The number of hydrogen-bond donors (Lipinski definition) is 0. The van der Waals surface area contributed by atoms with Crippen LogP contribution >= 0.6 is 27.7 Å². The van der Waals surface area contributed by atoms with Crippen LogP contribution in [-0.2, 0) is 0 Å². The molecule has 0 atom stereocenters. The molecule has 0 unspecified atom stereocenters. The third kappa shape index (κ3) is 2.35. The summed E-state index contributed by atoms with van der Waals surface area (Å²) >= 11 is 5.38. The van der Waals surface area contributed by atoms with Crippen molar-refractivity contribution < 1.29 is 0 Å². The zero-order chi connectivity index (χ0) is 12.4. The van der Waals surface area contributed by atoms with E-state index in [0.29, 0.717) is 0 Å². The first-order chi connectivity index (χ1) is 8.84. The van der Waals surface area contributed by atoms with Crippen molar-refractivity contribution in [2.45, 2.75) is 4.90 Å². The van der Waals surface area contributed by atoms with E-state index in [1.54, 1.807) is 0 Å². The van der Waals surface area contributed by atoms with Gasteiger partial charge in [0.2, 0.25) is 0 Å². The van der Waals surface area contributed by atoms with Crippen LogP contribution in [0.5, 0.6) is 0 Å². The predicted molar refractivity (Wildman–Crippen MR) is 79.6 cm³/mol. The quantitative estimate of drug-likeness (QED) is 0.799. The zero-order valence-corrected chi connectivity index (χ0v) is 12.0. The highest BCUT2D eigenvalue weighted by molar-refractivity contribution is 9.10. The minimum absolute atomic E-state index is 0.836. The second kappa shape index (κ2) is 5.24. The van der Waals surface area contributed by atoms with Gasteiger partial charge >= 0.3 is 0 Å². The van der Waals surface area contributed by atoms with E-state index >= 15 is 0 Å². The average molecular weight is 319 g/mol. The summed E-state index contributed by atoms with van der Waals surface area (Å²) in [6.45, 7) is 0.836. The molecule has 0 bridgehead atoms. The van der Waals surface area contributed by atoms with Crippen LogP contribution in [0.25, 0.3) is 0 Å². The van der Waals surface area contributed by atoms with Crippen molar-refractivity contribution in [3.05, 3.63) is 58.3 Å². The molecule has 2 aromatic rings. The third-order valence-corrected chi connectivity index (χ3v) is 4.27. The SMILES string of the molecule is Brc1ccc2c(c1)C(c1ccccn1)=NCCS2. The van der Waals surface area contributed by atoms with Crippen molar-refractivity contribution in [3.63, 3.8) is 0 Å². The molecule has 2 heterocycles. The summed E-state index contributed by atoms with van der Waals surface area (Å²) in [5, 5.41) is 0. The summed E-state index contributed by atoms with van der Waals surface area (Å²) in [5.74, 6) is 1.02. The monoisotopic (exact) mass is 318 g/mol. The molecule has 3 rings (SSSR count). The Balaban J connectivity index is 2.16. The van der Waals surface area contributed by atoms with E-state index in [0.717, 1.165) is 28.2 Å².